The molecule has 1 atom stereocenters. The van der Waals surface area contributed by atoms with Crippen LogP contribution >= 0.6 is 0 Å². The van der Waals surface area contributed by atoms with Crippen LogP contribution in [0.15, 0.2) is 12.1 Å². The molecule has 0 radical (unpaired) electrons. The van der Waals surface area contributed by atoms with Crippen LogP contribution in [0.2, 0.25) is 0 Å². The number of aromatic nitrogens is 1. The molecular formula is C15H20N2O3. The zero-order chi connectivity index (χ0) is 14.7. The van der Waals surface area contributed by atoms with Gasteiger partial charge in [-0.3, -0.25) is 4.79 Å². The summed E-state index contributed by atoms with van der Waals surface area (Å²) >= 11 is 0. The summed E-state index contributed by atoms with van der Waals surface area (Å²) in [6.45, 7) is 5.32. The topological polar surface area (TPSA) is 70.5 Å². The first kappa shape index (κ1) is 14.5. The molecule has 1 amide bonds. The molecule has 0 aliphatic carbocycles. The fourth-order valence-corrected chi connectivity index (χ4v) is 2.73. The molecule has 1 unspecified atom stereocenters. The molecule has 1 aliphatic rings. The molecule has 108 valence electrons. The van der Waals surface area contributed by atoms with Gasteiger partial charge in [0.25, 0.3) is 5.91 Å². The van der Waals surface area contributed by atoms with Gasteiger partial charge in [0.05, 0.1) is 11.3 Å². The summed E-state index contributed by atoms with van der Waals surface area (Å²) in [6.07, 6.45) is 3.33. The van der Waals surface area contributed by atoms with Gasteiger partial charge in [-0.15, -0.1) is 0 Å². The summed E-state index contributed by atoms with van der Waals surface area (Å²) in [5.74, 6) is -0.523. The molecule has 0 bridgehead atoms. The van der Waals surface area contributed by atoms with E-state index in [-0.39, 0.29) is 11.5 Å². The molecule has 0 spiro atoms. The number of carboxylic acid groups (broad SMARTS) is 1. The van der Waals surface area contributed by atoms with Crippen molar-refractivity contribution in [3.8, 4) is 0 Å². The highest BCUT2D eigenvalue weighted by molar-refractivity contribution is 5.94. The minimum atomic E-state index is -1.02. The number of hydrogen-bond acceptors (Lipinski definition) is 3. The van der Waals surface area contributed by atoms with Crippen LogP contribution < -0.4 is 0 Å². The van der Waals surface area contributed by atoms with E-state index < -0.39 is 5.97 Å². The second-order valence-electron chi connectivity index (χ2n) is 5.33. The summed E-state index contributed by atoms with van der Waals surface area (Å²) in [5.41, 5.74) is 0.865. The summed E-state index contributed by atoms with van der Waals surface area (Å²) in [6, 6.07) is 2.96. The van der Waals surface area contributed by atoms with Gasteiger partial charge < -0.3 is 10.0 Å². The first-order valence-electron chi connectivity index (χ1n) is 7.03. The van der Waals surface area contributed by atoms with Crippen LogP contribution in [-0.2, 0) is 0 Å². The predicted octanol–water partition coefficient (Wildman–Crippen LogP) is 2.35. The Bertz CT molecular complexity index is 528. The SMILES string of the molecule is CCCC1CCN(C(=O)c2ccc(C(=O)O)c(C)n2)C1. The van der Waals surface area contributed by atoms with Gasteiger partial charge in [0.1, 0.15) is 5.69 Å². The highest BCUT2D eigenvalue weighted by Gasteiger charge is 2.27. The number of aryl methyl sites for hydroxylation is 1. The van der Waals surface area contributed by atoms with Crippen molar-refractivity contribution in [3.05, 3.63) is 29.1 Å². The van der Waals surface area contributed by atoms with Crippen molar-refractivity contribution in [3.63, 3.8) is 0 Å². The molecule has 2 rings (SSSR count). The van der Waals surface area contributed by atoms with Crippen molar-refractivity contribution in [2.24, 2.45) is 5.92 Å². The Morgan fingerprint density at radius 1 is 1.45 bits per heavy atom. The number of nitrogens with zero attached hydrogens (tertiary/aromatic N) is 2. The van der Waals surface area contributed by atoms with E-state index in [0.29, 0.717) is 17.3 Å². The summed E-state index contributed by atoms with van der Waals surface area (Å²) in [7, 11) is 0. The van der Waals surface area contributed by atoms with Crippen LogP contribution in [0.25, 0.3) is 0 Å². The van der Waals surface area contributed by atoms with E-state index in [1.165, 1.54) is 12.1 Å². The van der Waals surface area contributed by atoms with Crippen LogP contribution in [-0.4, -0.2) is 40.0 Å². The third kappa shape index (κ3) is 2.98. The van der Waals surface area contributed by atoms with E-state index in [2.05, 4.69) is 11.9 Å². The first-order chi connectivity index (χ1) is 9.52. The molecule has 0 aromatic carbocycles. The standard InChI is InChI=1S/C15H20N2O3/c1-3-4-11-7-8-17(9-11)14(18)13-6-5-12(15(19)20)10(2)16-13/h5-6,11H,3-4,7-9H2,1-2H3,(H,19,20). The monoisotopic (exact) mass is 276 g/mol. The third-order valence-corrected chi connectivity index (χ3v) is 3.81. The quantitative estimate of drug-likeness (QED) is 0.916. The van der Waals surface area contributed by atoms with Crippen molar-refractivity contribution in [2.45, 2.75) is 33.1 Å². The Kier molecular flexibility index (Phi) is 4.37. The molecule has 1 aromatic rings. The van der Waals surface area contributed by atoms with Gasteiger partial charge in [-0.25, -0.2) is 9.78 Å². The van der Waals surface area contributed by atoms with E-state index in [1.54, 1.807) is 6.92 Å². The van der Waals surface area contributed by atoms with Gasteiger partial charge in [-0.2, -0.15) is 0 Å². The number of hydrogen-bond donors (Lipinski definition) is 1. The van der Waals surface area contributed by atoms with Gasteiger partial charge in [-0.05, 0) is 37.8 Å². The van der Waals surface area contributed by atoms with E-state index >= 15 is 0 Å². The maximum atomic E-state index is 12.3. The summed E-state index contributed by atoms with van der Waals surface area (Å²) in [4.78, 5) is 29.2. The smallest absolute Gasteiger partial charge is 0.337 e. The molecule has 5 nitrogen and oxygen atoms in total. The van der Waals surface area contributed by atoms with Gasteiger partial charge in [0, 0.05) is 13.1 Å². The first-order valence-corrected chi connectivity index (χ1v) is 7.03. The lowest BCUT2D eigenvalue weighted by Gasteiger charge is -2.16. The highest BCUT2D eigenvalue weighted by atomic mass is 16.4. The van der Waals surface area contributed by atoms with Crippen molar-refractivity contribution in [1.29, 1.82) is 0 Å². The van der Waals surface area contributed by atoms with Crippen LogP contribution in [0.3, 0.4) is 0 Å². The minimum Gasteiger partial charge on any atom is -0.478 e. The van der Waals surface area contributed by atoms with E-state index in [1.807, 2.05) is 4.90 Å². The van der Waals surface area contributed by atoms with Gasteiger partial charge in [0.15, 0.2) is 0 Å². The second-order valence-corrected chi connectivity index (χ2v) is 5.33. The average molecular weight is 276 g/mol. The molecule has 1 aliphatic heterocycles. The van der Waals surface area contributed by atoms with Crippen molar-refractivity contribution >= 4 is 11.9 Å². The largest absolute Gasteiger partial charge is 0.478 e. The fourth-order valence-electron chi connectivity index (χ4n) is 2.73. The Balaban J connectivity index is 2.10. The molecule has 0 saturated carbocycles. The fraction of sp³-hybridized carbons (Fsp3) is 0.533. The molecule has 20 heavy (non-hydrogen) atoms. The Morgan fingerprint density at radius 3 is 2.80 bits per heavy atom. The normalized spacial score (nSPS) is 18.3. The van der Waals surface area contributed by atoms with Gasteiger partial charge in [0.2, 0.25) is 0 Å². The van der Waals surface area contributed by atoms with E-state index in [9.17, 15) is 9.59 Å². The lowest BCUT2D eigenvalue weighted by molar-refractivity contribution is 0.0693. The average Bonchev–Trinajstić information content (AvgIpc) is 2.86. The Morgan fingerprint density at radius 2 is 2.20 bits per heavy atom. The van der Waals surface area contributed by atoms with Crippen LogP contribution in [0, 0.1) is 12.8 Å². The number of carbonyl (C=O) groups is 2. The second kappa shape index (κ2) is 6.03. The number of aromatic carboxylic acids is 1. The molecular weight excluding hydrogens is 256 g/mol. The summed E-state index contributed by atoms with van der Waals surface area (Å²) < 4.78 is 0. The lowest BCUT2D eigenvalue weighted by Crippen LogP contribution is -2.29. The number of carboxylic acids is 1. The molecule has 1 saturated heterocycles. The molecule has 1 aromatic heterocycles. The zero-order valence-corrected chi connectivity index (χ0v) is 11.9. The van der Waals surface area contributed by atoms with Gasteiger partial charge >= 0.3 is 5.97 Å². The van der Waals surface area contributed by atoms with Crippen molar-refractivity contribution in [2.75, 3.05) is 13.1 Å². The molecule has 2 heterocycles. The molecule has 5 heteroatoms. The van der Waals surface area contributed by atoms with E-state index in [4.69, 9.17) is 5.11 Å². The third-order valence-electron chi connectivity index (χ3n) is 3.81. The van der Waals surface area contributed by atoms with Crippen LogP contribution in [0.4, 0.5) is 0 Å². The number of amides is 1. The maximum absolute atomic E-state index is 12.3. The van der Waals surface area contributed by atoms with Crippen molar-refractivity contribution < 1.29 is 14.7 Å². The highest BCUT2D eigenvalue weighted by Crippen LogP contribution is 2.22. The van der Waals surface area contributed by atoms with Gasteiger partial charge in [-0.1, -0.05) is 13.3 Å². The maximum Gasteiger partial charge on any atom is 0.337 e. The number of carbonyl (C=O) groups excluding carboxylic acids is 1. The Hall–Kier alpha value is -1.91. The zero-order valence-electron chi connectivity index (χ0n) is 11.9. The lowest BCUT2D eigenvalue weighted by atomic mass is 10.0. The number of pyridine rings is 1. The van der Waals surface area contributed by atoms with Crippen molar-refractivity contribution in [1.82, 2.24) is 9.88 Å². The van der Waals surface area contributed by atoms with Crippen LogP contribution in [0.5, 0.6) is 0 Å². The predicted molar refractivity (Wildman–Crippen MR) is 74.9 cm³/mol. The Labute approximate surface area is 118 Å². The van der Waals surface area contributed by atoms with Crippen LogP contribution in [0.1, 0.15) is 52.7 Å². The minimum absolute atomic E-state index is 0.0939. The molecule has 1 fully saturated rings. The van der Waals surface area contributed by atoms with E-state index in [0.717, 1.165) is 32.4 Å². The number of likely N-dealkylation sites (tertiary alicyclic amines) is 1. The molecule has 1 N–H and O–H groups in total. The summed E-state index contributed by atoms with van der Waals surface area (Å²) in [5, 5.41) is 8.97. The number of rotatable bonds is 4.